The molecule has 2 aliphatic rings. The van der Waals surface area contributed by atoms with Crippen LogP contribution < -0.4 is 0 Å². The van der Waals surface area contributed by atoms with Gasteiger partial charge >= 0.3 is 5.97 Å². The van der Waals surface area contributed by atoms with Gasteiger partial charge < -0.3 is 5.11 Å². The second-order valence-electron chi connectivity index (χ2n) is 6.04. The Bertz CT molecular complexity index is 271. The minimum absolute atomic E-state index is 0.234. The van der Waals surface area contributed by atoms with Gasteiger partial charge in [0.1, 0.15) is 6.04 Å². The zero-order valence-corrected chi connectivity index (χ0v) is 11.1. The van der Waals surface area contributed by atoms with Crippen LogP contribution in [-0.4, -0.2) is 34.6 Å². The fraction of sp³-hybridized carbons (Fsp3) is 0.929. The summed E-state index contributed by atoms with van der Waals surface area (Å²) in [6, 6.07) is 0.117. The van der Waals surface area contributed by atoms with Crippen LogP contribution in [-0.2, 0) is 4.79 Å². The SMILES string of the molecule is CC(C)N1C[C@H](C2CCCCC2)C[C@H]1C(=O)O. The van der Waals surface area contributed by atoms with Crippen LogP contribution >= 0.6 is 0 Å². The van der Waals surface area contributed by atoms with E-state index in [1.807, 2.05) is 0 Å². The summed E-state index contributed by atoms with van der Waals surface area (Å²) in [5, 5.41) is 9.31. The first-order chi connectivity index (χ1) is 8.09. The Hall–Kier alpha value is -0.570. The lowest BCUT2D eigenvalue weighted by Crippen LogP contribution is -2.40. The smallest absolute Gasteiger partial charge is 0.320 e. The summed E-state index contributed by atoms with van der Waals surface area (Å²) in [4.78, 5) is 13.5. The zero-order chi connectivity index (χ0) is 12.4. The van der Waals surface area contributed by atoms with Gasteiger partial charge in [-0.1, -0.05) is 32.1 Å². The topological polar surface area (TPSA) is 40.5 Å². The molecule has 0 aromatic carbocycles. The van der Waals surface area contributed by atoms with Crippen molar-refractivity contribution in [2.75, 3.05) is 6.54 Å². The number of hydrogen-bond acceptors (Lipinski definition) is 2. The van der Waals surface area contributed by atoms with E-state index in [4.69, 9.17) is 0 Å². The number of likely N-dealkylation sites (tertiary alicyclic amines) is 1. The highest BCUT2D eigenvalue weighted by Gasteiger charge is 2.41. The number of aliphatic carboxylic acids is 1. The van der Waals surface area contributed by atoms with Gasteiger partial charge in [-0.3, -0.25) is 9.69 Å². The van der Waals surface area contributed by atoms with Gasteiger partial charge in [-0.2, -0.15) is 0 Å². The molecule has 0 aromatic heterocycles. The van der Waals surface area contributed by atoms with E-state index < -0.39 is 5.97 Å². The molecular formula is C14H25NO2. The van der Waals surface area contributed by atoms with E-state index in [1.54, 1.807) is 0 Å². The molecule has 1 aliphatic carbocycles. The Balaban J connectivity index is 2.00. The standard InChI is InChI=1S/C14H25NO2/c1-10(2)15-9-12(8-13(15)14(16)17)11-6-4-3-5-7-11/h10-13H,3-9H2,1-2H3,(H,16,17)/t12-,13+/m1/s1. The largest absolute Gasteiger partial charge is 0.480 e. The average Bonchev–Trinajstić information content (AvgIpc) is 2.75. The third-order valence-electron chi connectivity index (χ3n) is 4.64. The Morgan fingerprint density at radius 1 is 1.18 bits per heavy atom. The molecule has 3 heteroatoms. The Morgan fingerprint density at radius 3 is 2.29 bits per heavy atom. The van der Waals surface area contributed by atoms with Crippen molar-refractivity contribution in [3.05, 3.63) is 0 Å². The molecule has 2 atom stereocenters. The normalized spacial score (nSPS) is 32.2. The van der Waals surface area contributed by atoms with Crippen molar-refractivity contribution in [2.24, 2.45) is 11.8 Å². The van der Waals surface area contributed by atoms with E-state index in [0.717, 1.165) is 18.9 Å². The highest BCUT2D eigenvalue weighted by Crippen LogP contribution is 2.38. The molecule has 1 saturated heterocycles. The van der Waals surface area contributed by atoms with Crippen LogP contribution in [0.2, 0.25) is 0 Å². The number of hydrogen-bond donors (Lipinski definition) is 1. The molecule has 2 fully saturated rings. The molecule has 3 nitrogen and oxygen atoms in total. The van der Waals surface area contributed by atoms with Gasteiger partial charge in [0.25, 0.3) is 0 Å². The van der Waals surface area contributed by atoms with Crippen LogP contribution in [0.15, 0.2) is 0 Å². The lowest BCUT2D eigenvalue weighted by atomic mass is 9.79. The van der Waals surface area contributed by atoms with Gasteiger partial charge in [-0.25, -0.2) is 0 Å². The molecule has 98 valence electrons. The Labute approximate surface area is 104 Å². The summed E-state index contributed by atoms with van der Waals surface area (Å²) in [7, 11) is 0. The van der Waals surface area contributed by atoms with Crippen LogP contribution in [0.5, 0.6) is 0 Å². The van der Waals surface area contributed by atoms with Crippen LogP contribution in [0.25, 0.3) is 0 Å². The van der Waals surface area contributed by atoms with Gasteiger partial charge in [-0.05, 0) is 32.1 Å². The number of carboxylic acids is 1. The maximum Gasteiger partial charge on any atom is 0.320 e. The summed E-state index contributed by atoms with van der Waals surface area (Å²) >= 11 is 0. The summed E-state index contributed by atoms with van der Waals surface area (Å²) in [5.41, 5.74) is 0. The minimum atomic E-state index is -0.628. The third kappa shape index (κ3) is 2.82. The summed E-state index contributed by atoms with van der Waals surface area (Å²) in [6.07, 6.45) is 7.59. The predicted octanol–water partition coefficient (Wildman–Crippen LogP) is 2.75. The second kappa shape index (κ2) is 5.38. The predicted molar refractivity (Wildman–Crippen MR) is 67.9 cm³/mol. The number of nitrogens with zero attached hydrogens (tertiary/aromatic N) is 1. The van der Waals surface area contributed by atoms with Gasteiger partial charge in [0.2, 0.25) is 0 Å². The van der Waals surface area contributed by atoms with Crippen molar-refractivity contribution in [1.29, 1.82) is 0 Å². The lowest BCUT2D eigenvalue weighted by Gasteiger charge is -2.28. The van der Waals surface area contributed by atoms with Crippen LogP contribution in [0.4, 0.5) is 0 Å². The fourth-order valence-corrected chi connectivity index (χ4v) is 3.66. The molecule has 0 bridgehead atoms. The second-order valence-corrected chi connectivity index (χ2v) is 6.04. The van der Waals surface area contributed by atoms with Crippen LogP contribution in [0.3, 0.4) is 0 Å². The van der Waals surface area contributed by atoms with Crippen molar-refractivity contribution >= 4 is 5.97 Å². The number of carbonyl (C=O) groups is 1. The zero-order valence-electron chi connectivity index (χ0n) is 11.1. The molecule has 0 aromatic rings. The van der Waals surface area contributed by atoms with Crippen molar-refractivity contribution in [1.82, 2.24) is 4.90 Å². The van der Waals surface area contributed by atoms with E-state index in [9.17, 15) is 9.90 Å². The molecule has 1 heterocycles. The molecule has 0 amide bonds. The molecule has 1 aliphatic heterocycles. The van der Waals surface area contributed by atoms with Gasteiger partial charge in [0.05, 0.1) is 0 Å². The number of carboxylic acid groups (broad SMARTS) is 1. The minimum Gasteiger partial charge on any atom is -0.480 e. The lowest BCUT2D eigenvalue weighted by molar-refractivity contribution is -0.142. The maximum atomic E-state index is 11.3. The highest BCUT2D eigenvalue weighted by molar-refractivity contribution is 5.74. The first-order valence-electron chi connectivity index (χ1n) is 7.08. The molecule has 1 saturated carbocycles. The van der Waals surface area contributed by atoms with Gasteiger partial charge in [-0.15, -0.1) is 0 Å². The van der Waals surface area contributed by atoms with E-state index in [-0.39, 0.29) is 6.04 Å². The quantitative estimate of drug-likeness (QED) is 0.823. The van der Waals surface area contributed by atoms with Crippen LogP contribution in [0, 0.1) is 11.8 Å². The highest BCUT2D eigenvalue weighted by atomic mass is 16.4. The summed E-state index contributed by atoms with van der Waals surface area (Å²) in [6.45, 7) is 5.22. The molecular weight excluding hydrogens is 214 g/mol. The summed E-state index contributed by atoms with van der Waals surface area (Å²) < 4.78 is 0. The number of rotatable bonds is 3. The average molecular weight is 239 g/mol. The third-order valence-corrected chi connectivity index (χ3v) is 4.64. The molecule has 0 radical (unpaired) electrons. The monoisotopic (exact) mass is 239 g/mol. The molecule has 0 spiro atoms. The summed E-state index contributed by atoms with van der Waals surface area (Å²) in [5.74, 6) is 0.783. The Morgan fingerprint density at radius 2 is 1.82 bits per heavy atom. The molecule has 2 rings (SSSR count). The van der Waals surface area contributed by atoms with Crippen molar-refractivity contribution in [2.45, 2.75) is 64.5 Å². The first kappa shape index (κ1) is 12.9. The van der Waals surface area contributed by atoms with Gasteiger partial charge in [0, 0.05) is 12.6 Å². The van der Waals surface area contributed by atoms with E-state index in [2.05, 4.69) is 18.7 Å². The van der Waals surface area contributed by atoms with Crippen molar-refractivity contribution in [3.63, 3.8) is 0 Å². The van der Waals surface area contributed by atoms with E-state index in [1.165, 1.54) is 32.1 Å². The molecule has 1 N–H and O–H groups in total. The van der Waals surface area contributed by atoms with E-state index in [0.29, 0.717) is 12.0 Å². The fourth-order valence-electron chi connectivity index (χ4n) is 3.66. The molecule has 17 heavy (non-hydrogen) atoms. The van der Waals surface area contributed by atoms with Crippen molar-refractivity contribution < 1.29 is 9.90 Å². The van der Waals surface area contributed by atoms with Crippen LogP contribution in [0.1, 0.15) is 52.4 Å². The first-order valence-corrected chi connectivity index (χ1v) is 7.08. The van der Waals surface area contributed by atoms with Gasteiger partial charge in [0.15, 0.2) is 0 Å². The molecule has 0 unspecified atom stereocenters. The van der Waals surface area contributed by atoms with E-state index >= 15 is 0 Å². The van der Waals surface area contributed by atoms with Crippen molar-refractivity contribution in [3.8, 4) is 0 Å². The maximum absolute atomic E-state index is 11.3. The Kier molecular flexibility index (Phi) is 4.08.